The Labute approximate surface area is 238 Å². The minimum absolute atomic E-state index is 0.0714. The largest absolute Gasteiger partial charge is 0.384 e. The molecule has 10 heteroatoms. The van der Waals surface area contributed by atoms with Crippen LogP contribution in [0.5, 0.6) is 0 Å². The van der Waals surface area contributed by atoms with Crippen molar-refractivity contribution in [1.29, 1.82) is 0 Å². The van der Waals surface area contributed by atoms with Gasteiger partial charge >= 0.3 is 0 Å². The summed E-state index contributed by atoms with van der Waals surface area (Å²) in [6.07, 6.45) is 6.06. The second-order valence-corrected chi connectivity index (χ2v) is 9.99. The second-order valence-electron chi connectivity index (χ2n) is 9.99. The highest BCUT2D eigenvalue weighted by molar-refractivity contribution is 5.94. The number of carbonyl (C=O) groups excluding carboxylic acids is 1. The number of carbonyl (C=O) groups is 1. The first kappa shape index (κ1) is 19.7. The number of aryl methyl sites for hydroxylation is 1. The van der Waals surface area contributed by atoms with Gasteiger partial charge in [0.2, 0.25) is 0 Å². The minimum atomic E-state index is -3.35. The summed E-state index contributed by atoms with van der Waals surface area (Å²) < 4.78 is 78.5. The molecule has 0 bridgehead atoms. The minimum Gasteiger partial charge on any atom is -0.384 e. The molecule has 2 aliphatic heterocycles. The zero-order valence-electron chi connectivity index (χ0n) is 27.7. The van der Waals surface area contributed by atoms with E-state index in [1.165, 1.54) is 0 Å². The average Bonchev–Trinajstić information content (AvgIpc) is 3.57. The molecule has 0 saturated heterocycles. The van der Waals surface area contributed by atoms with Crippen LogP contribution in [0, 0.1) is 11.6 Å². The van der Waals surface area contributed by atoms with Crippen molar-refractivity contribution in [3.8, 4) is 5.69 Å². The van der Waals surface area contributed by atoms with Gasteiger partial charge in [0, 0.05) is 101 Å². The summed E-state index contributed by atoms with van der Waals surface area (Å²) in [4.78, 5) is 32.3. The van der Waals surface area contributed by atoms with Crippen molar-refractivity contribution in [3.05, 3.63) is 93.2 Å². The summed E-state index contributed by atoms with van der Waals surface area (Å²) in [5, 5.41) is 4.04. The Morgan fingerprint density at radius 3 is 2.70 bits per heavy atom. The van der Waals surface area contributed by atoms with Gasteiger partial charge in [-0.2, -0.15) is 0 Å². The van der Waals surface area contributed by atoms with Crippen molar-refractivity contribution in [2.24, 2.45) is 7.05 Å². The van der Waals surface area contributed by atoms with Crippen molar-refractivity contribution in [1.82, 2.24) is 23.9 Å². The van der Waals surface area contributed by atoms with Gasteiger partial charge in [0.15, 0.2) is 0 Å². The SMILES string of the molecule is [2H]C([2H])([2H])N(C(=O)c1cc(F)c(C2=CCN(Cc3cc4c(-n5ccc6c(c5=O)CCN6)ccnc4n3C)CC2)c(F)c1)C([2H])([2H])[2H]. The van der Waals surface area contributed by atoms with Crippen LogP contribution in [-0.4, -0.2) is 63.4 Å². The third-order valence-corrected chi connectivity index (χ3v) is 7.64. The Balaban J connectivity index is 1.23. The standard InChI is InChI=1S/C30H30F2N6O2/c1-35(2)29(39)19-14-23(31)27(24(32)15-19)18-6-11-37(12-7-18)17-20-16-22-26(5-10-34-28(22)36(20)3)38-13-8-25-21(30(38)40)4-9-33-25/h5-6,8,10,13-16,33H,4,7,9,11-12,17H2,1-3H3/i1D3,2D3. The second kappa shape index (κ2) is 10.0. The van der Waals surface area contributed by atoms with Crippen molar-refractivity contribution < 1.29 is 21.8 Å². The number of amides is 1. The molecule has 4 aromatic rings. The normalized spacial score (nSPS) is 18.0. The molecule has 1 N–H and O–H groups in total. The Morgan fingerprint density at radius 1 is 1.18 bits per heavy atom. The third-order valence-electron chi connectivity index (χ3n) is 7.64. The molecule has 1 aromatic carbocycles. The fourth-order valence-electron chi connectivity index (χ4n) is 5.56. The maximum Gasteiger partial charge on any atom is 0.260 e. The Hall–Kier alpha value is -4.31. The maximum absolute atomic E-state index is 15.2. The van der Waals surface area contributed by atoms with E-state index < -0.39 is 37.1 Å². The summed E-state index contributed by atoms with van der Waals surface area (Å²) in [7, 11) is 1.89. The quantitative estimate of drug-likeness (QED) is 0.407. The summed E-state index contributed by atoms with van der Waals surface area (Å²) in [5.41, 5.74) is 3.21. The molecule has 0 spiro atoms. The zero-order chi connectivity index (χ0) is 33.1. The number of nitrogens with one attached hydrogen (secondary N) is 1. The smallest absolute Gasteiger partial charge is 0.260 e. The molecule has 40 heavy (non-hydrogen) atoms. The highest BCUT2D eigenvalue weighted by Gasteiger charge is 2.23. The number of anilines is 1. The lowest BCUT2D eigenvalue weighted by atomic mass is 9.96. The van der Waals surface area contributed by atoms with Crippen LogP contribution in [0.25, 0.3) is 22.3 Å². The molecule has 0 unspecified atom stereocenters. The zero-order valence-corrected chi connectivity index (χ0v) is 21.7. The van der Waals surface area contributed by atoms with E-state index in [0.29, 0.717) is 49.4 Å². The van der Waals surface area contributed by atoms with Gasteiger partial charge in [0.25, 0.3) is 11.5 Å². The van der Waals surface area contributed by atoms with Gasteiger partial charge in [-0.3, -0.25) is 19.1 Å². The van der Waals surface area contributed by atoms with Gasteiger partial charge in [-0.05, 0) is 48.7 Å². The summed E-state index contributed by atoms with van der Waals surface area (Å²) in [5.74, 6) is -3.72. The van der Waals surface area contributed by atoms with E-state index in [-0.39, 0.29) is 22.4 Å². The highest BCUT2D eigenvalue weighted by Crippen LogP contribution is 2.30. The van der Waals surface area contributed by atoms with E-state index in [0.717, 1.165) is 34.6 Å². The van der Waals surface area contributed by atoms with Crippen LogP contribution in [0.3, 0.4) is 0 Å². The Kier molecular flexibility index (Phi) is 4.93. The molecule has 0 aliphatic carbocycles. The topological polar surface area (TPSA) is 75.4 Å². The number of rotatable bonds is 5. The maximum atomic E-state index is 15.2. The number of nitrogens with zero attached hydrogens (tertiary/aromatic N) is 5. The van der Waals surface area contributed by atoms with Crippen molar-refractivity contribution in [2.75, 3.05) is 38.9 Å². The first-order valence-electron chi connectivity index (χ1n) is 15.8. The number of hydrogen-bond acceptors (Lipinski definition) is 5. The molecule has 3 aromatic heterocycles. The van der Waals surface area contributed by atoms with E-state index >= 15 is 8.78 Å². The number of benzene rings is 1. The lowest BCUT2D eigenvalue weighted by Crippen LogP contribution is -2.29. The van der Waals surface area contributed by atoms with E-state index in [2.05, 4.69) is 15.2 Å². The predicted octanol–water partition coefficient (Wildman–Crippen LogP) is 3.96. The van der Waals surface area contributed by atoms with Gasteiger partial charge < -0.3 is 14.8 Å². The molecular weight excluding hydrogens is 514 g/mol. The monoisotopic (exact) mass is 550 g/mol. The summed E-state index contributed by atoms with van der Waals surface area (Å²) in [6.45, 7) is -4.65. The first-order chi connectivity index (χ1) is 21.6. The number of aromatic nitrogens is 3. The molecule has 206 valence electrons. The molecule has 2 aliphatic rings. The van der Waals surface area contributed by atoms with Crippen LogP contribution in [0.4, 0.5) is 14.5 Å². The third kappa shape index (κ3) is 4.38. The van der Waals surface area contributed by atoms with E-state index in [1.54, 1.807) is 23.0 Å². The number of hydrogen-bond donors (Lipinski definition) is 1. The molecule has 0 fully saturated rings. The molecule has 0 saturated carbocycles. The molecular formula is C30H30F2N6O2. The Morgan fingerprint density at radius 2 is 1.98 bits per heavy atom. The fourth-order valence-corrected chi connectivity index (χ4v) is 5.56. The van der Waals surface area contributed by atoms with Crippen LogP contribution < -0.4 is 10.9 Å². The van der Waals surface area contributed by atoms with Crippen molar-refractivity contribution in [2.45, 2.75) is 19.4 Å². The van der Waals surface area contributed by atoms with Crippen LogP contribution >= 0.6 is 0 Å². The molecule has 0 radical (unpaired) electrons. The van der Waals surface area contributed by atoms with Crippen molar-refractivity contribution >= 4 is 28.2 Å². The summed E-state index contributed by atoms with van der Waals surface area (Å²) >= 11 is 0. The van der Waals surface area contributed by atoms with E-state index in [1.807, 2.05) is 29.8 Å². The number of fused-ring (bicyclic) bond motifs is 2. The molecule has 8 nitrogen and oxygen atoms in total. The number of halogens is 2. The van der Waals surface area contributed by atoms with Crippen LogP contribution in [-0.2, 0) is 20.0 Å². The van der Waals surface area contributed by atoms with Crippen LogP contribution in [0.1, 0.15) is 41.8 Å². The fraction of sp³-hybridized carbons (Fsp3) is 0.300. The van der Waals surface area contributed by atoms with Crippen LogP contribution in [0.2, 0.25) is 0 Å². The molecule has 5 heterocycles. The molecule has 0 atom stereocenters. The first-order valence-corrected chi connectivity index (χ1v) is 12.8. The number of pyridine rings is 2. The van der Waals surface area contributed by atoms with Gasteiger partial charge in [-0.15, -0.1) is 0 Å². The summed E-state index contributed by atoms with van der Waals surface area (Å²) in [6, 6.07) is 7.04. The van der Waals surface area contributed by atoms with Gasteiger partial charge in [0.05, 0.1) is 5.69 Å². The molecule has 6 rings (SSSR count). The highest BCUT2D eigenvalue weighted by atomic mass is 19.1. The van der Waals surface area contributed by atoms with Gasteiger partial charge in [-0.1, -0.05) is 6.08 Å². The lowest BCUT2D eigenvalue weighted by Gasteiger charge is -2.27. The van der Waals surface area contributed by atoms with Gasteiger partial charge in [0.1, 0.15) is 17.3 Å². The van der Waals surface area contributed by atoms with Gasteiger partial charge in [-0.25, -0.2) is 13.8 Å². The van der Waals surface area contributed by atoms with Crippen molar-refractivity contribution in [3.63, 3.8) is 0 Å². The Bertz CT molecular complexity index is 1930. The van der Waals surface area contributed by atoms with E-state index in [4.69, 9.17) is 8.22 Å². The molecule has 1 amide bonds. The van der Waals surface area contributed by atoms with E-state index in [9.17, 15) is 9.59 Å². The lowest BCUT2D eigenvalue weighted by molar-refractivity contribution is 0.0826. The predicted molar refractivity (Wildman–Crippen MR) is 151 cm³/mol. The average molecular weight is 551 g/mol. The van der Waals surface area contributed by atoms with Crippen LogP contribution in [0.15, 0.2) is 53.6 Å².